The van der Waals surface area contributed by atoms with Crippen molar-refractivity contribution in [2.45, 2.75) is 38.3 Å². The topological polar surface area (TPSA) is 46.8 Å². The maximum Gasteiger partial charge on any atom is 0.170 e. The molecule has 1 aromatic carbocycles. The third-order valence-electron chi connectivity index (χ3n) is 4.05. The lowest BCUT2D eigenvalue weighted by Gasteiger charge is -2.30. The van der Waals surface area contributed by atoms with Crippen LogP contribution in [0.4, 0.5) is 10.1 Å². The molecular weight excluding hydrogens is 257 g/mol. The molecule has 1 aliphatic carbocycles. The summed E-state index contributed by atoms with van der Waals surface area (Å²) in [5, 5.41) is 12.0. The zero-order valence-corrected chi connectivity index (χ0v) is 11.2. The van der Waals surface area contributed by atoms with Crippen molar-refractivity contribution in [2.24, 2.45) is 0 Å². The number of tetrazole rings is 1. The van der Waals surface area contributed by atoms with Gasteiger partial charge in [0.2, 0.25) is 0 Å². The van der Waals surface area contributed by atoms with Crippen LogP contribution in [0.25, 0.3) is 0 Å². The summed E-state index contributed by atoms with van der Waals surface area (Å²) in [6.45, 7) is 1.58. The molecular formula is C14H16FN5. The molecule has 2 aromatic rings. The highest BCUT2D eigenvalue weighted by molar-refractivity contribution is 5.55. The van der Waals surface area contributed by atoms with Crippen molar-refractivity contribution in [2.75, 3.05) is 11.4 Å². The van der Waals surface area contributed by atoms with Gasteiger partial charge in [-0.3, -0.25) is 0 Å². The van der Waals surface area contributed by atoms with Gasteiger partial charge in [-0.05, 0) is 53.8 Å². The molecule has 0 unspecified atom stereocenters. The maximum atomic E-state index is 13.5. The summed E-state index contributed by atoms with van der Waals surface area (Å²) in [4.78, 5) is 2.19. The Morgan fingerprint density at radius 1 is 1.30 bits per heavy atom. The second kappa shape index (κ2) is 4.54. The summed E-state index contributed by atoms with van der Waals surface area (Å²) in [5.41, 5.74) is 2.20. The van der Waals surface area contributed by atoms with Gasteiger partial charge in [0.25, 0.3) is 0 Å². The molecule has 5 nitrogen and oxygen atoms in total. The minimum atomic E-state index is -0.183. The van der Waals surface area contributed by atoms with Gasteiger partial charge in [0.1, 0.15) is 5.82 Å². The molecule has 0 N–H and O–H groups in total. The third kappa shape index (κ3) is 2.05. The van der Waals surface area contributed by atoms with Crippen LogP contribution in [-0.4, -0.2) is 26.8 Å². The van der Waals surface area contributed by atoms with Gasteiger partial charge in [0.05, 0.1) is 12.6 Å². The van der Waals surface area contributed by atoms with Gasteiger partial charge in [0, 0.05) is 12.2 Å². The Balaban J connectivity index is 1.63. The quantitative estimate of drug-likeness (QED) is 0.859. The normalized spacial score (nSPS) is 18.1. The number of halogens is 1. The molecule has 4 rings (SSSR count). The first-order chi connectivity index (χ1) is 9.81. The Morgan fingerprint density at radius 2 is 2.20 bits per heavy atom. The van der Waals surface area contributed by atoms with Crippen molar-refractivity contribution in [1.82, 2.24) is 20.2 Å². The molecule has 1 aliphatic heterocycles. The number of anilines is 1. The number of aryl methyl sites for hydroxylation is 1. The molecule has 0 spiro atoms. The predicted molar refractivity (Wildman–Crippen MR) is 71.9 cm³/mol. The molecule has 6 heteroatoms. The van der Waals surface area contributed by atoms with Gasteiger partial charge in [0.15, 0.2) is 5.82 Å². The van der Waals surface area contributed by atoms with Gasteiger partial charge in [-0.15, -0.1) is 5.10 Å². The second-order valence-electron chi connectivity index (χ2n) is 5.57. The predicted octanol–water partition coefficient (Wildman–Crippen LogP) is 2.10. The van der Waals surface area contributed by atoms with Crippen LogP contribution in [0.3, 0.4) is 0 Å². The summed E-state index contributed by atoms with van der Waals surface area (Å²) in [6.07, 6.45) is 4.41. The van der Waals surface area contributed by atoms with Crippen molar-refractivity contribution in [1.29, 1.82) is 0 Å². The van der Waals surface area contributed by atoms with Crippen molar-refractivity contribution < 1.29 is 4.39 Å². The lowest BCUT2D eigenvalue weighted by atomic mass is 10.0. The molecule has 0 radical (unpaired) electrons. The minimum absolute atomic E-state index is 0.183. The van der Waals surface area contributed by atoms with Gasteiger partial charge in [-0.25, -0.2) is 9.07 Å². The first-order valence-corrected chi connectivity index (χ1v) is 7.11. The first-order valence-electron chi connectivity index (χ1n) is 7.11. The van der Waals surface area contributed by atoms with E-state index in [0.29, 0.717) is 12.6 Å². The van der Waals surface area contributed by atoms with Gasteiger partial charge < -0.3 is 4.90 Å². The van der Waals surface area contributed by atoms with E-state index in [1.54, 1.807) is 6.07 Å². The number of benzene rings is 1. The van der Waals surface area contributed by atoms with E-state index in [-0.39, 0.29) is 5.82 Å². The van der Waals surface area contributed by atoms with Crippen LogP contribution in [0.2, 0.25) is 0 Å². The SMILES string of the molecule is Fc1ccc2c(c1)N(Cc1nnnn1C1CC1)CCC2. The molecule has 104 valence electrons. The van der Waals surface area contributed by atoms with E-state index >= 15 is 0 Å². The molecule has 2 heterocycles. The number of hydrogen-bond acceptors (Lipinski definition) is 4. The number of aromatic nitrogens is 4. The van der Waals surface area contributed by atoms with Gasteiger partial charge >= 0.3 is 0 Å². The lowest BCUT2D eigenvalue weighted by Crippen LogP contribution is -2.30. The molecule has 2 aliphatic rings. The summed E-state index contributed by atoms with van der Waals surface area (Å²) in [6, 6.07) is 5.52. The van der Waals surface area contributed by atoms with Gasteiger partial charge in [-0.1, -0.05) is 6.07 Å². The van der Waals surface area contributed by atoms with Crippen molar-refractivity contribution >= 4 is 5.69 Å². The van der Waals surface area contributed by atoms with Crippen LogP contribution in [-0.2, 0) is 13.0 Å². The lowest BCUT2D eigenvalue weighted by molar-refractivity contribution is 0.565. The van der Waals surface area contributed by atoms with Crippen molar-refractivity contribution in [3.05, 3.63) is 35.4 Å². The third-order valence-corrected chi connectivity index (χ3v) is 4.05. The summed E-state index contributed by atoms with van der Waals surface area (Å²) < 4.78 is 15.4. The highest BCUT2D eigenvalue weighted by atomic mass is 19.1. The van der Waals surface area contributed by atoms with Crippen LogP contribution in [0.5, 0.6) is 0 Å². The van der Waals surface area contributed by atoms with E-state index in [1.807, 2.05) is 10.7 Å². The van der Waals surface area contributed by atoms with Crippen molar-refractivity contribution in [3.8, 4) is 0 Å². The Kier molecular flexibility index (Phi) is 2.68. The smallest absolute Gasteiger partial charge is 0.170 e. The minimum Gasteiger partial charge on any atom is -0.364 e. The molecule has 1 saturated carbocycles. The largest absolute Gasteiger partial charge is 0.364 e. The fourth-order valence-corrected chi connectivity index (χ4v) is 2.88. The Labute approximate surface area is 116 Å². The highest BCUT2D eigenvalue weighted by Crippen LogP contribution is 2.35. The average molecular weight is 273 g/mol. The van der Waals surface area contributed by atoms with Gasteiger partial charge in [-0.2, -0.15) is 0 Å². The van der Waals surface area contributed by atoms with Crippen LogP contribution >= 0.6 is 0 Å². The van der Waals surface area contributed by atoms with E-state index in [9.17, 15) is 4.39 Å². The average Bonchev–Trinajstić information content (AvgIpc) is 3.20. The van der Waals surface area contributed by atoms with Crippen LogP contribution in [0.1, 0.15) is 36.7 Å². The van der Waals surface area contributed by atoms with Crippen LogP contribution < -0.4 is 4.90 Å². The number of rotatable bonds is 3. The van der Waals surface area contributed by atoms with Crippen LogP contribution in [0, 0.1) is 5.82 Å². The maximum absolute atomic E-state index is 13.5. The van der Waals surface area contributed by atoms with E-state index in [2.05, 4.69) is 20.4 Å². The van der Waals surface area contributed by atoms with E-state index in [1.165, 1.54) is 11.6 Å². The first kappa shape index (κ1) is 11.8. The number of hydrogen-bond donors (Lipinski definition) is 0. The number of nitrogens with zero attached hydrogens (tertiary/aromatic N) is 5. The number of fused-ring (bicyclic) bond motifs is 1. The zero-order valence-electron chi connectivity index (χ0n) is 11.2. The monoisotopic (exact) mass is 273 g/mol. The summed E-state index contributed by atoms with van der Waals surface area (Å²) in [7, 11) is 0. The molecule has 0 saturated heterocycles. The fraction of sp³-hybridized carbons (Fsp3) is 0.500. The zero-order chi connectivity index (χ0) is 13.5. The Morgan fingerprint density at radius 3 is 3.05 bits per heavy atom. The second-order valence-corrected chi connectivity index (χ2v) is 5.57. The standard InChI is InChI=1S/C14H16FN5/c15-11-4-3-10-2-1-7-19(13(10)8-11)9-14-16-17-18-20(14)12-5-6-12/h3-4,8,12H,1-2,5-7,9H2. The summed E-state index contributed by atoms with van der Waals surface area (Å²) in [5.74, 6) is 0.696. The van der Waals surface area contributed by atoms with E-state index in [0.717, 1.165) is 43.7 Å². The fourth-order valence-electron chi connectivity index (χ4n) is 2.88. The Hall–Kier alpha value is -1.98. The molecule has 0 atom stereocenters. The van der Waals surface area contributed by atoms with E-state index in [4.69, 9.17) is 0 Å². The molecule has 0 amide bonds. The van der Waals surface area contributed by atoms with Crippen LogP contribution in [0.15, 0.2) is 18.2 Å². The van der Waals surface area contributed by atoms with Crippen molar-refractivity contribution in [3.63, 3.8) is 0 Å². The Bertz CT molecular complexity index is 634. The highest BCUT2D eigenvalue weighted by Gasteiger charge is 2.29. The molecule has 1 aromatic heterocycles. The molecule has 20 heavy (non-hydrogen) atoms. The summed E-state index contributed by atoms with van der Waals surface area (Å²) >= 11 is 0. The molecule has 1 fully saturated rings. The molecule has 0 bridgehead atoms. The van der Waals surface area contributed by atoms with E-state index < -0.39 is 0 Å².